The lowest BCUT2D eigenvalue weighted by atomic mass is 10.1. The van der Waals surface area contributed by atoms with Crippen LogP contribution >= 0.6 is 0 Å². The number of nitrogens with one attached hydrogen (secondary N) is 2. The molecule has 0 spiro atoms. The number of aromatic nitrogens is 2. The van der Waals surface area contributed by atoms with E-state index in [9.17, 15) is 4.79 Å². The Bertz CT molecular complexity index is 612. The van der Waals surface area contributed by atoms with Crippen LogP contribution in [0.2, 0.25) is 0 Å². The standard InChI is InChI=1S/C15H18N4O/c1-10-7-15(19-16-9-10)17-11(2)13-5-4-6-14(8-13)18-12(3)20/h4-9,11H,1-3H3,(H,17,19)(H,18,20). The Balaban J connectivity index is 2.12. The summed E-state index contributed by atoms with van der Waals surface area (Å²) in [6.45, 7) is 5.51. The van der Waals surface area contributed by atoms with Crippen molar-refractivity contribution in [2.45, 2.75) is 26.8 Å². The van der Waals surface area contributed by atoms with Gasteiger partial charge >= 0.3 is 0 Å². The van der Waals surface area contributed by atoms with Gasteiger partial charge in [-0.05, 0) is 43.2 Å². The maximum Gasteiger partial charge on any atom is 0.221 e. The van der Waals surface area contributed by atoms with Crippen LogP contribution in [0.25, 0.3) is 0 Å². The molecule has 0 bridgehead atoms. The smallest absolute Gasteiger partial charge is 0.221 e. The molecule has 1 aromatic heterocycles. The Labute approximate surface area is 118 Å². The summed E-state index contributed by atoms with van der Waals surface area (Å²) in [5.41, 5.74) is 2.92. The third-order valence-corrected chi connectivity index (χ3v) is 2.86. The SMILES string of the molecule is CC(=O)Nc1cccc(C(C)Nc2cc(C)cnn2)c1. The first-order chi connectivity index (χ1) is 9.54. The number of carbonyl (C=O) groups excluding carboxylic acids is 1. The lowest BCUT2D eigenvalue weighted by Gasteiger charge is -2.15. The zero-order chi connectivity index (χ0) is 14.5. The largest absolute Gasteiger partial charge is 0.362 e. The van der Waals surface area contributed by atoms with Crippen LogP contribution in [0.4, 0.5) is 11.5 Å². The van der Waals surface area contributed by atoms with E-state index in [-0.39, 0.29) is 11.9 Å². The highest BCUT2D eigenvalue weighted by molar-refractivity contribution is 5.88. The van der Waals surface area contributed by atoms with E-state index in [1.165, 1.54) is 6.92 Å². The molecule has 0 radical (unpaired) electrons. The van der Waals surface area contributed by atoms with Crippen molar-refractivity contribution in [2.24, 2.45) is 0 Å². The van der Waals surface area contributed by atoms with Gasteiger partial charge in [0.25, 0.3) is 0 Å². The Morgan fingerprint density at radius 2 is 2.10 bits per heavy atom. The molecule has 0 fully saturated rings. The molecule has 2 aromatic rings. The third-order valence-electron chi connectivity index (χ3n) is 2.86. The molecule has 2 N–H and O–H groups in total. The average molecular weight is 270 g/mol. The zero-order valence-corrected chi connectivity index (χ0v) is 11.8. The van der Waals surface area contributed by atoms with Gasteiger partial charge in [-0.1, -0.05) is 12.1 Å². The van der Waals surface area contributed by atoms with Crippen molar-refractivity contribution in [1.29, 1.82) is 0 Å². The fourth-order valence-electron chi connectivity index (χ4n) is 1.93. The molecule has 0 saturated heterocycles. The number of nitrogens with zero attached hydrogens (tertiary/aromatic N) is 2. The van der Waals surface area contributed by atoms with Gasteiger partial charge < -0.3 is 10.6 Å². The molecule has 1 unspecified atom stereocenters. The highest BCUT2D eigenvalue weighted by atomic mass is 16.1. The maximum atomic E-state index is 11.1. The lowest BCUT2D eigenvalue weighted by Crippen LogP contribution is -2.10. The van der Waals surface area contributed by atoms with Crippen molar-refractivity contribution in [1.82, 2.24) is 10.2 Å². The Hall–Kier alpha value is -2.43. The molecule has 0 aliphatic rings. The first kappa shape index (κ1) is 14.0. The normalized spacial score (nSPS) is 11.8. The van der Waals surface area contributed by atoms with Crippen molar-refractivity contribution in [3.8, 4) is 0 Å². The minimum absolute atomic E-state index is 0.0693. The summed E-state index contributed by atoms with van der Waals surface area (Å²) in [4.78, 5) is 11.1. The first-order valence-corrected chi connectivity index (χ1v) is 6.48. The highest BCUT2D eigenvalue weighted by Gasteiger charge is 2.07. The van der Waals surface area contributed by atoms with Gasteiger partial charge in [0.2, 0.25) is 5.91 Å². The molecule has 1 aromatic carbocycles. The molecule has 20 heavy (non-hydrogen) atoms. The molecule has 0 saturated carbocycles. The van der Waals surface area contributed by atoms with Crippen LogP contribution in [0.1, 0.15) is 31.0 Å². The van der Waals surface area contributed by atoms with Crippen molar-refractivity contribution in [2.75, 3.05) is 10.6 Å². The molecule has 0 aliphatic heterocycles. The van der Waals surface area contributed by atoms with E-state index in [0.717, 1.165) is 22.6 Å². The van der Waals surface area contributed by atoms with E-state index in [1.807, 2.05) is 44.2 Å². The van der Waals surface area contributed by atoms with Crippen LogP contribution in [0.3, 0.4) is 0 Å². The van der Waals surface area contributed by atoms with Gasteiger partial charge in [0.1, 0.15) is 5.82 Å². The van der Waals surface area contributed by atoms with Gasteiger partial charge in [0.15, 0.2) is 0 Å². The molecule has 1 atom stereocenters. The summed E-state index contributed by atoms with van der Waals surface area (Å²) in [6.07, 6.45) is 1.72. The zero-order valence-electron chi connectivity index (χ0n) is 11.8. The molecule has 1 heterocycles. The molecule has 1 amide bonds. The van der Waals surface area contributed by atoms with Crippen LogP contribution in [-0.2, 0) is 4.79 Å². The van der Waals surface area contributed by atoms with Gasteiger partial charge in [-0.25, -0.2) is 0 Å². The molecule has 0 aliphatic carbocycles. The van der Waals surface area contributed by atoms with E-state index >= 15 is 0 Å². The summed E-state index contributed by atoms with van der Waals surface area (Å²) in [7, 11) is 0. The van der Waals surface area contributed by atoms with Crippen molar-refractivity contribution in [3.63, 3.8) is 0 Å². The minimum atomic E-state index is -0.0766. The minimum Gasteiger partial charge on any atom is -0.362 e. The average Bonchev–Trinajstić information content (AvgIpc) is 2.38. The maximum absolute atomic E-state index is 11.1. The molecule has 104 valence electrons. The highest BCUT2D eigenvalue weighted by Crippen LogP contribution is 2.21. The van der Waals surface area contributed by atoms with Gasteiger partial charge in [-0.15, -0.1) is 5.10 Å². The topological polar surface area (TPSA) is 66.9 Å². The van der Waals surface area contributed by atoms with Crippen LogP contribution < -0.4 is 10.6 Å². The number of aryl methyl sites for hydroxylation is 1. The fraction of sp³-hybridized carbons (Fsp3) is 0.267. The Morgan fingerprint density at radius 3 is 2.80 bits per heavy atom. The van der Waals surface area contributed by atoms with E-state index < -0.39 is 0 Å². The summed E-state index contributed by atoms with van der Waals surface area (Å²) >= 11 is 0. The summed E-state index contributed by atoms with van der Waals surface area (Å²) in [5, 5.41) is 14.0. The van der Waals surface area contributed by atoms with E-state index in [1.54, 1.807) is 6.20 Å². The van der Waals surface area contributed by atoms with Crippen molar-refractivity contribution < 1.29 is 4.79 Å². The molecule has 5 heteroatoms. The predicted octanol–water partition coefficient (Wildman–Crippen LogP) is 2.92. The van der Waals surface area contributed by atoms with Crippen molar-refractivity contribution >= 4 is 17.4 Å². The van der Waals surface area contributed by atoms with Gasteiger partial charge in [0, 0.05) is 12.6 Å². The van der Waals surface area contributed by atoms with E-state index in [2.05, 4.69) is 20.8 Å². The summed E-state index contributed by atoms with van der Waals surface area (Å²) in [5.74, 6) is 0.662. The second-order valence-corrected chi connectivity index (χ2v) is 4.79. The number of rotatable bonds is 4. The number of amides is 1. The molecular formula is C15H18N4O. The van der Waals surface area contributed by atoms with Crippen molar-refractivity contribution in [3.05, 3.63) is 47.7 Å². The van der Waals surface area contributed by atoms with E-state index in [0.29, 0.717) is 0 Å². The quantitative estimate of drug-likeness (QED) is 0.896. The molecule has 5 nitrogen and oxygen atoms in total. The van der Waals surface area contributed by atoms with Crippen LogP contribution in [0.5, 0.6) is 0 Å². The van der Waals surface area contributed by atoms with Crippen LogP contribution in [-0.4, -0.2) is 16.1 Å². The van der Waals surface area contributed by atoms with Crippen LogP contribution in [0.15, 0.2) is 36.5 Å². The number of hydrogen-bond acceptors (Lipinski definition) is 4. The first-order valence-electron chi connectivity index (χ1n) is 6.48. The number of hydrogen-bond donors (Lipinski definition) is 2. The predicted molar refractivity (Wildman–Crippen MR) is 79.6 cm³/mol. The van der Waals surface area contributed by atoms with Gasteiger partial charge in [0.05, 0.1) is 12.2 Å². The second kappa shape index (κ2) is 6.14. The number of benzene rings is 1. The fourth-order valence-corrected chi connectivity index (χ4v) is 1.93. The Kier molecular flexibility index (Phi) is 4.30. The summed E-state index contributed by atoms with van der Waals surface area (Å²) < 4.78 is 0. The monoisotopic (exact) mass is 270 g/mol. The van der Waals surface area contributed by atoms with Gasteiger partial charge in [-0.2, -0.15) is 5.10 Å². The van der Waals surface area contributed by atoms with Gasteiger partial charge in [-0.3, -0.25) is 4.79 Å². The lowest BCUT2D eigenvalue weighted by molar-refractivity contribution is -0.114. The third kappa shape index (κ3) is 3.78. The van der Waals surface area contributed by atoms with E-state index in [4.69, 9.17) is 0 Å². The molecule has 2 rings (SSSR count). The molecular weight excluding hydrogens is 252 g/mol. The van der Waals surface area contributed by atoms with Crippen LogP contribution in [0, 0.1) is 6.92 Å². The Morgan fingerprint density at radius 1 is 1.30 bits per heavy atom. The second-order valence-electron chi connectivity index (χ2n) is 4.79. The number of anilines is 2. The number of carbonyl (C=O) groups is 1. The summed E-state index contributed by atoms with van der Waals surface area (Å²) in [6, 6.07) is 9.75.